The van der Waals surface area contributed by atoms with Gasteiger partial charge in [0.05, 0.1) is 6.42 Å². The Morgan fingerprint density at radius 2 is 2.03 bits per heavy atom. The maximum atomic E-state index is 13.1. The lowest BCUT2D eigenvalue weighted by molar-refractivity contribution is -0.454. The maximum Gasteiger partial charge on any atom is 0.361 e. The van der Waals surface area contributed by atoms with Crippen molar-refractivity contribution in [2.45, 2.75) is 103 Å². The zero-order valence-electron chi connectivity index (χ0n) is 19.5. The number of amides is 1. The number of rotatable bonds is 6. The molecule has 7 atom stereocenters. The molecule has 6 nitrogen and oxygen atoms in total. The molecule has 0 spiro atoms. The highest BCUT2D eigenvalue weighted by atomic mass is 16.2. The molecule has 31 heavy (non-hydrogen) atoms. The van der Waals surface area contributed by atoms with E-state index in [9.17, 15) is 4.79 Å². The minimum Gasteiger partial charge on any atom is -0.338 e. The molecular weight excluding hydrogens is 386 g/mol. The molecule has 3 aliphatic heterocycles. The third kappa shape index (κ3) is 4.56. The molecule has 2 saturated carbocycles. The van der Waals surface area contributed by atoms with Crippen molar-refractivity contribution in [1.29, 1.82) is 0 Å². The quantitative estimate of drug-likeness (QED) is 0.388. The van der Waals surface area contributed by atoms with Crippen molar-refractivity contribution < 1.29 is 9.48 Å². The second kappa shape index (κ2) is 9.22. The summed E-state index contributed by atoms with van der Waals surface area (Å²) < 4.78 is 2.39. The fraction of sp³-hybridized carbons (Fsp3) is 0.840. The van der Waals surface area contributed by atoms with Crippen LogP contribution in [0.4, 0.5) is 0 Å². The second-order valence-corrected chi connectivity index (χ2v) is 10.7. The molecule has 2 N–H and O–H groups in total. The van der Waals surface area contributed by atoms with Gasteiger partial charge in [0.15, 0.2) is 12.4 Å². The molecule has 1 saturated heterocycles. The van der Waals surface area contributed by atoms with Gasteiger partial charge in [0.1, 0.15) is 0 Å². The summed E-state index contributed by atoms with van der Waals surface area (Å²) in [5, 5.41) is 10.4. The zero-order chi connectivity index (χ0) is 21.4. The summed E-state index contributed by atoms with van der Waals surface area (Å²) in [6.07, 6.45) is 19.4. The molecular formula is C25H42N5O+. The van der Waals surface area contributed by atoms with Gasteiger partial charge in [0.25, 0.3) is 0 Å². The van der Waals surface area contributed by atoms with Gasteiger partial charge in [-0.1, -0.05) is 55.0 Å². The second-order valence-electron chi connectivity index (χ2n) is 10.7. The predicted molar refractivity (Wildman–Crippen MR) is 123 cm³/mol. The van der Waals surface area contributed by atoms with E-state index in [2.05, 4.69) is 57.4 Å². The molecule has 0 aromatic heterocycles. The van der Waals surface area contributed by atoms with E-state index >= 15 is 0 Å². The maximum absolute atomic E-state index is 13.1. The molecule has 1 amide bonds. The lowest BCUT2D eigenvalue weighted by Crippen LogP contribution is -2.50. The number of fused-ring (bicyclic) bond motifs is 1. The van der Waals surface area contributed by atoms with Crippen LogP contribution in [0.2, 0.25) is 0 Å². The van der Waals surface area contributed by atoms with Gasteiger partial charge in [-0.05, 0) is 50.4 Å². The first-order valence-electron chi connectivity index (χ1n) is 13.0. The Morgan fingerprint density at radius 3 is 2.81 bits per heavy atom. The Balaban J connectivity index is 1.17. The van der Waals surface area contributed by atoms with Crippen molar-refractivity contribution in [3.8, 4) is 0 Å². The molecule has 172 valence electrons. The molecule has 7 unspecified atom stereocenters. The van der Waals surface area contributed by atoms with E-state index in [1.807, 2.05) is 0 Å². The predicted octanol–water partition coefficient (Wildman–Crippen LogP) is 3.06. The lowest BCUT2D eigenvalue weighted by atomic mass is 9.76. The fourth-order valence-electron chi connectivity index (χ4n) is 6.64. The number of carbonyl (C=O) groups is 1. The lowest BCUT2D eigenvalue weighted by Gasteiger charge is -2.37. The molecule has 5 rings (SSSR count). The van der Waals surface area contributed by atoms with Gasteiger partial charge in [-0.25, -0.2) is 5.32 Å². The third-order valence-corrected chi connectivity index (χ3v) is 8.51. The van der Waals surface area contributed by atoms with Gasteiger partial charge in [0.2, 0.25) is 5.91 Å². The molecule has 0 aromatic carbocycles. The van der Waals surface area contributed by atoms with Crippen LogP contribution < -0.4 is 10.6 Å². The number of hydrogen-bond acceptors (Lipinski definition) is 4. The Hall–Kier alpha value is -1.40. The molecule has 5 aliphatic rings. The van der Waals surface area contributed by atoms with Crippen molar-refractivity contribution in [2.24, 2.45) is 17.8 Å². The van der Waals surface area contributed by atoms with Crippen LogP contribution in [0.3, 0.4) is 0 Å². The largest absolute Gasteiger partial charge is 0.361 e. The summed E-state index contributed by atoms with van der Waals surface area (Å²) in [4.78, 5) is 15.2. The molecule has 6 heteroatoms. The van der Waals surface area contributed by atoms with E-state index in [1.165, 1.54) is 38.5 Å². The Morgan fingerprint density at radius 1 is 1.13 bits per heavy atom. The highest BCUT2D eigenvalue weighted by molar-refractivity contribution is 5.79. The Labute approximate surface area is 188 Å². The number of hydrogen-bond donors (Lipinski definition) is 2. The van der Waals surface area contributed by atoms with Gasteiger partial charge >= 0.3 is 6.29 Å². The van der Waals surface area contributed by atoms with E-state index in [0.717, 1.165) is 44.7 Å². The smallest absolute Gasteiger partial charge is 0.338 e. The van der Waals surface area contributed by atoms with Crippen LogP contribution in [0, 0.1) is 17.8 Å². The zero-order valence-corrected chi connectivity index (χ0v) is 19.5. The van der Waals surface area contributed by atoms with Crippen LogP contribution in [-0.2, 0) is 4.79 Å². The summed E-state index contributed by atoms with van der Waals surface area (Å²) in [6, 6.07) is 1.11. The van der Waals surface area contributed by atoms with E-state index < -0.39 is 0 Å². The number of hydrazine groups is 1. The van der Waals surface area contributed by atoms with Crippen molar-refractivity contribution in [3.05, 3.63) is 12.2 Å². The molecule has 3 heterocycles. The van der Waals surface area contributed by atoms with Crippen molar-refractivity contribution in [1.82, 2.24) is 20.5 Å². The molecule has 2 aliphatic carbocycles. The van der Waals surface area contributed by atoms with Crippen LogP contribution in [-0.4, -0.2) is 64.3 Å². The monoisotopic (exact) mass is 428 g/mol. The molecule has 0 radical (unpaired) electrons. The summed E-state index contributed by atoms with van der Waals surface area (Å²) in [5.41, 5.74) is 0. The van der Waals surface area contributed by atoms with E-state index in [0.29, 0.717) is 36.4 Å². The van der Waals surface area contributed by atoms with Crippen LogP contribution >= 0.6 is 0 Å². The van der Waals surface area contributed by atoms with Gasteiger partial charge in [-0.15, -0.1) is 0 Å². The number of nitrogens with zero attached hydrogens (tertiary/aromatic N) is 3. The van der Waals surface area contributed by atoms with Crippen molar-refractivity contribution in [2.75, 3.05) is 13.1 Å². The van der Waals surface area contributed by atoms with Crippen LogP contribution in [0.5, 0.6) is 0 Å². The van der Waals surface area contributed by atoms with Crippen molar-refractivity contribution in [3.63, 3.8) is 0 Å². The van der Waals surface area contributed by atoms with Gasteiger partial charge in [-0.3, -0.25) is 10.1 Å². The van der Waals surface area contributed by atoms with Crippen LogP contribution in [0.25, 0.3) is 0 Å². The molecule has 0 aromatic rings. The Bertz CT molecular complexity index is 721. The minimum atomic E-state index is 0.192. The summed E-state index contributed by atoms with van der Waals surface area (Å²) >= 11 is 0. The Kier molecular flexibility index (Phi) is 6.38. The highest BCUT2D eigenvalue weighted by Gasteiger charge is 2.61. The first-order chi connectivity index (χ1) is 15.1. The minimum absolute atomic E-state index is 0.192. The number of carbonyl (C=O) groups excluding carboxylic acids is 1. The van der Waals surface area contributed by atoms with Crippen molar-refractivity contribution >= 4 is 12.1 Å². The van der Waals surface area contributed by atoms with E-state index in [4.69, 9.17) is 0 Å². The summed E-state index contributed by atoms with van der Waals surface area (Å²) in [5.74, 6) is 2.12. The fourth-order valence-corrected chi connectivity index (χ4v) is 6.64. The van der Waals surface area contributed by atoms with Gasteiger partial charge < -0.3 is 4.90 Å². The first kappa shape index (κ1) is 21.4. The normalized spacial score (nSPS) is 39.9. The SMILES string of the molecule is CCC1CCC(C(=O)N2CC=CCC2)CC1NC1N2C(NC3CCCC(C)C3)CC=[N+]12. The third-order valence-electron chi connectivity index (χ3n) is 8.51. The van der Waals surface area contributed by atoms with Crippen LogP contribution in [0.1, 0.15) is 78.1 Å². The number of hydrazone groups is 1. The topological polar surface area (TPSA) is 50.4 Å². The summed E-state index contributed by atoms with van der Waals surface area (Å²) in [7, 11) is 0. The molecule has 0 bridgehead atoms. The molecule has 3 fully saturated rings. The highest BCUT2D eigenvalue weighted by Crippen LogP contribution is 2.36. The van der Waals surface area contributed by atoms with Gasteiger partial charge in [0, 0.05) is 31.1 Å². The summed E-state index contributed by atoms with van der Waals surface area (Å²) in [6.45, 7) is 6.41. The van der Waals surface area contributed by atoms with Gasteiger partial charge in [-0.2, -0.15) is 0 Å². The average molecular weight is 429 g/mol. The number of nitrogens with one attached hydrogen (secondary N) is 2. The van der Waals surface area contributed by atoms with Crippen LogP contribution in [0.15, 0.2) is 12.2 Å². The van der Waals surface area contributed by atoms with E-state index in [-0.39, 0.29) is 5.92 Å². The standard InChI is InChI=1S/C25H42N5O/c1-3-19-10-11-20(24(31)28-13-5-4-6-14-28)17-22(19)27-25-29-15-12-23(30(25)29)26-21-9-7-8-18(2)16-21/h4-5,15,18-23,25-27H,3,6-14,16-17H2,1-2H3/q+1. The average Bonchev–Trinajstić information content (AvgIpc) is 3.31. The van der Waals surface area contributed by atoms with E-state index in [1.54, 1.807) is 0 Å². The first-order valence-corrected chi connectivity index (χ1v) is 13.0.